The molecule has 4 rings (SSSR count). The molecule has 0 bridgehead atoms. The first-order valence-corrected chi connectivity index (χ1v) is 10.7. The summed E-state index contributed by atoms with van der Waals surface area (Å²) in [5.41, 5.74) is 0.0459. The molecule has 0 N–H and O–H groups in total. The average molecular weight is 459 g/mol. The minimum Gasteiger partial charge on any atom is -0.478 e. The molecule has 3 aromatic rings. The van der Waals surface area contributed by atoms with Crippen LogP contribution in [-0.4, -0.2) is 32.3 Å². The molecular formula is C23H24F3N5O2. The van der Waals surface area contributed by atoms with Crippen molar-refractivity contribution in [2.24, 2.45) is 7.05 Å². The fourth-order valence-electron chi connectivity index (χ4n) is 3.88. The third-order valence-electron chi connectivity index (χ3n) is 5.68. The standard InChI is InChI=1S/C23H24F3N5O2/c1-4-8-33-21-11-15(14(2)9-20-29-27-13-30(20)3)10-19(28-21)31-12-17-16(22(31)32)6-5-7-18(17)23(24,25)26/h5-7,10-11,13-14H,4,8-9,12H2,1-3H3. The summed E-state index contributed by atoms with van der Waals surface area (Å²) in [6.07, 6.45) is -1.58. The smallest absolute Gasteiger partial charge is 0.416 e. The monoisotopic (exact) mass is 459 g/mol. The van der Waals surface area contributed by atoms with E-state index in [1.165, 1.54) is 17.0 Å². The van der Waals surface area contributed by atoms with Gasteiger partial charge in [0.25, 0.3) is 5.91 Å². The Morgan fingerprint density at radius 3 is 2.70 bits per heavy atom. The predicted octanol–water partition coefficient (Wildman–Crippen LogP) is 4.52. The zero-order chi connectivity index (χ0) is 23.8. The van der Waals surface area contributed by atoms with Crippen molar-refractivity contribution in [1.29, 1.82) is 0 Å². The second-order valence-corrected chi connectivity index (χ2v) is 8.13. The molecule has 1 aliphatic rings. The molecule has 0 saturated carbocycles. The number of pyridine rings is 1. The number of alkyl halides is 3. The minimum atomic E-state index is -4.54. The maximum atomic E-state index is 13.5. The molecule has 0 spiro atoms. The molecule has 7 nitrogen and oxygen atoms in total. The Balaban J connectivity index is 1.70. The van der Waals surface area contributed by atoms with Gasteiger partial charge in [-0.2, -0.15) is 18.2 Å². The number of halogens is 3. The SMILES string of the molecule is CCCOc1cc(C(C)Cc2nncn2C)cc(N2Cc3c(cccc3C(F)(F)F)C2=O)n1. The molecule has 0 saturated heterocycles. The van der Waals surface area contributed by atoms with Gasteiger partial charge in [-0.1, -0.05) is 19.9 Å². The fourth-order valence-corrected chi connectivity index (χ4v) is 3.88. The lowest BCUT2D eigenvalue weighted by atomic mass is 9.98. The van der Waals surface area contributed by atoms with E-state index in [0.717, 1.165) is 23.9 Å². The first-order valence-electron chi connectivity index (χ1n) is 10.7. The number of anilines is 1. The molecule has 0 radical (unpaired) electrons. The number of fused-ring (bicyclic) bond motifs is 1. The topological polar surface area (TPSA) is 73.1 Å². The zero-order valence-corrected chi connectivity index (χ0v) is 18.6. The van der Waals surface area contributed by atoms with Crippen LogP contribution in [0.2, 0.25) is 0 Å². The number of carbonyl (C=O) groups excluding carboxylic acids is 1. The predicted molar refractivity (Wildman–Crippen MR) is 115 cm³/mol. The van der Waals surface area contributed by atoms with Crippen LogP contribution in [0.1, 0.15) is 59.1 Å². The van der Waals surface area contributed by atoms with E-state index in [2.05, 4.69) is 15.2 Å². The third-order valence-corrected chi connectivity index (χ3v) is 5.68. The molecule has 1 aromatic carbocycles. The Labute approximate surface area is 189 Å². The van der Waals surface area contributed by atoms with Gasteiger partial charge in [-0.25, -0.2) is 0 Å². The van der Waals surface area contributed by atoms with Gasteiger partial charge in [-0.15, -0.1) is 10.2 Å². The van der Waals surface area contributed by atoms with Gasteiger partial charge >= 0.3 is 6.18 Å². The lowest BCUT2D eigenvalue weighted by Gasteiger charge is -2.20. The number of hydrogen-bond donors (Lipinski definition) is 0. The van der Waals surface area contributed by atoms with Crippen LogP contribution in [0.25, 0.3) is 0 Å². The van der Waals surface area contributed by atoms with Crippen LogP contribution in [-0.2, 0) is 26.2 Å². The number of rotatable bonds is 7. The maximum Gasteiger partial charge on any atom is 0.416 e. The van der Waals surface area contributed by atoms with E-state index >= 15 is 0 Å². The Kier molecular flexibility index (Phi) is 6.09. The van der Waals surface area contributed by atoms with Crippen LogP contribution < -0.4 is 9.64 Å². The van der Waals surface area contributed by atoms with Crippen molar-refractivity contribution in [3.05, 3.63) is 64.7 Å². The van der Waals surface area contributed by atoms with E-state index in [9.17, 15) is 18.0 Å². The zero-order valence-electron chi connectivity index (χ0n) is 18.6. The highest BCUT2D eigenvalue weighted by molar-refractivity contribution is 6.09. The molecular weight excluding hydrogens is 435 g/mol. The summed E-state index contributed by atoms with van der Waals surface area (Å²) >= 11 is 0. The number of hydrogen-bond acceptors (Lipinski definition) is 5. The van der Waals surface area contributed by atoms with Crippen molar-refractivity contribution < 1.29 is 22.7 Å². The Morgan fingerprint density at radius 2 is 2.03 bits per heavy atom. The van der Waals surface area contributed by atoms with E-state index in [1.807, 2.05) is 25.5 Å². The summed E-state index contributed by atoms with van der Waals surface area (Å²) in [5, 5.41) is 8.02. The van der Waals surface area contributed by atoms with Crippen LogP contribution in [0.5, 0.6) is 5.88 Å². The molecule has 1 atom stereocenters. The number of benzene rings is 1. The van der Waals surface area contributed by atoms with Gasteiger partial charge in [0.1, 0.15) is 18.0 Å². The molecule has 0 fully saturated rings. The molecule has 2 aromatic heterocycles. The molecule has 1 amide bonds. The molecule has 33 heavy (non-hydrogen) atoms. The first kappa shape index (κ1) is 22.8. The van der Waals surface area contributed by atoms with E-state index in [0.29, 0.717) is 18.9 Å². The second-order valence-electron chi connectivity index (χ2n) is 8.13. The summed E-state index contributed by atoms with van der Waals surface area (Å²) in [7, 11) is 1.86. The van der Waals surface area contributed by atoms with Crippen molar-refractivity contribution in [2.45, 2.75) is 45.3 Å². The Bertz CT molecular complexity index is 1180. The van der Waals surface area contributed by atoms with E-state index in [1.54, 1.807) is 18.5 Å². The van der Waals surface area contributed by atoms with Crippen LogP contribution in [0.3, 0.4) is 0 Å². The maximum absolute atomic E-state index is 13.5. The van der Waals surface area contributed by atoms with Gasteiger partial charge < -0.3 is 9.30 Å². The minimum absolute atomic E-state index is 0.0237. The highest BCUT2D eigenvalue weighted by atomic mass is 19.4. The summed E-state index contributed by atoms with van der Waals surface area (Å²) in [5.74, 6) is 0.843. The largest absolute Gasteiger partial charge is 0.478 e. The summed E-state index contributed by atoms with van der Waals surface area (Å²) in [6.45, 7) is 4.19. The lowest BCUT2D eigenvalue weighted by molar-refractivity contribution is -0.138. The van der Waals surface area contributed by atoms with Gasteiger partial charge in [0.15, 0.2) is 0 Å². The highest BCUT2D eigenvalue weighted by Gasteiger charge is 2.40. The van der Waals surface area contributed by atoms with Gasteiger partial charge in [0, 0.05) is 25.1 Å². The molecule has 10 heteroatoms. The van der Waals surface area contributed by atoms with Gasteiger partial charge in [-0.3, -0.25) is 9.69 Å². The summed E-state index contributed by atoms with van der Waals surface area (Å²) in [6, 6.07) is 7.21. The van der Waals surface area contributed by atoms with Crippen molar-refractivity contribution >= 4 is 11.7 Å². The Morgan fingerprint density at radius 1 is 1.24 bits per heavy atom. The average Bonchev–Trinajstić information content (AvgIpc) is 3.34. The van der Waals surface area contributed by atoms with Crippen LogP contribution in [0.4, 0.5) is 19.0 Å². The Hall–Kier alpha value is -3.43. The normalized spacial score (nSPS) is 14.5. The van der Waals surface area contributed by atoms with E-state index in [-0.39, 0.29) is 29.4 Å². The number of aryl methyl sites for hydroxylation is 1. The van der Waals surface area contributed by atoms with Crippen LogP contribution >= 0.6 is 0 Å². The molecule has 1 unspecified atom stereocenters. The molecule has 3 heterocycles. The number of ether oxygens (including phenoxy) is 1. The molecule has 1 aliphatic heterocycles. The van der Waals surface area contributed by atoms with E-state index < -0.39 is 17.6 Å². The van der Waals surface area contributed by atoms with Crippen molar-refractivity contribution in [2.75, 3.05) is 11.5 Å². The first-order chi connectivity index (χ1) is 15.7. The second kappa shape index (κ2) is 8.84. The quantitative estimate of drug-likeness (QED) is 0.519. The number of aromatic nitrogens is 4. The van der Waals surface area contributed by atoms with Crippen molar-refractivity contribution in [3.63, 3.8) is 0 Å². The van der Waals surface area contributed by atoms with Gasteiger partial charge in [-0.05, 0) is 41.7 Å². The fraction of sp³-hybridized carbons (Fsp3) is 0.391. The van der Waals surface area contributed by atoms with Crippen molar-refractivity contribution in [1.82, 2.24) is 19.7 Å². The van der Waals surface area contributed by atoms with Crippen LogP contribution in [0.15, 0.2) is 36.7 Å². The number of carbonyl (C=O) groups is 1. The highest BCUT2D eigenvalue weighted by Crippen LogP contribution is 2.39. The van der Waals surface area contributed by atoms with Crippen molar-refractivity contribution in [3.8, 4) is 5.88 Å². The summed E-state index contributed by atoms with van der Waals surface area (Å²) in [4.78, 5) is 18.8. The van der Waals surface area contributed by atoms with Crippen LogP contribution in [0, 0.1) is 0 Å². The molecule has 174 valence electrons. The number of amides is 1. The van der Waals surface area contributed by atoms with Gasteiger partial charge in [0.2, 0.25) is 5.88 Å². The number of nitrogens with zero attached hydrogens (tertiary/aromatic N) is 5. The van der Waals surface area contributed by atoms with E-state index in [4.69, 9.17) is 4.74 Å². The van der Waals surface area contributed by atoms with Gasteiger partial charge in [0.05, 0.1) is 18.7 Å². The third kappa shape index (κ3) is 4.55. The lowest BCUT2D eigenvalue weighted by Crippen LogP contribution is -2.24. The molecule has 0 aliphatic carbocycles. The summed E-state index contributed by atoms with van der Waals surface area (Å²) < 4.78 is 48.1.